The van der Waals surface area contributed by atoms with Crippen LogP contribution in [0.4, 0.5) is 0 Å². The highest BCUT2D eigenvalue weighted by molar-refractivity contribution is 7.07. The van der Waals surface area contributed by atoms with Crippen LogP contribution in [0.3, 0.4) is 0 Å². The van der Waals surface area contributed by atoms with Crippen LogP contribution in [-0.2, 0) is 0 Å². The Morgan fingerprint density at radius 2 is 2.50 bits per heavy atom. The van der Waals surface area contributed by atoms with Crippen molar-refractivity contribution in [2.75, 3.05) is 12.4 Å². The predicted octanol–water partition coefficient (Wildman–Crippen LogP) is 2.77. The largest absolute Gasteiger partial charge is 0.334 e. The van der Waals surface area contributed by atoms with E-state index in [4.69, 9.17) is 11.6 Å². The van der Waals surface area contributed by atoms with Gasteiger partial charge in [-0.25, -0.2) is 4.98 Å². The molecule has 2 heterocycles. The molecule has 1 aliphatic heterocycles. The quantitative estimate of drug-likeness (QED) is 0.781. The van der Waals surface area contributed by atoms with Gasteiger partial charge < -0.3 is 4.90 Å². The van der Waals surface area contributed by atoms with Crippen LogP contribution in [0.15, 0.2) is 10.9 Å². The molecule has 0 aliphatic carbocycles. The van der Waals surface area contributed by atoms with Crippen molar-refractivity contribution in [2.45, 2.75) is 31.7 Å². The number of thiazole rings is 1. The molecule has 1 aromatic heterocycles. The summed E-state index contributed by atoms with van der Waals surface area (Å²) in [6.07, 6.45) is 4.25. The van der Waals surface area contributed by atoms with Crippen LogP contribution in [0.1, 0.15) is 36.2 Å². The first-order chi connectivity index (χ1) is 7.83. The van der Waals surface area contributed by atoms with Crippen molar-refractivity contribution in [1.82, 2.24) is 9.88 Å². The fourth-order valence-electron chi connectivity index (χ4n) is 2.16. The second kappa shape index (κ2) is 5.64. The summed E-state index contributed by atoms with van der Waals surface area (Å²) in [4.78, 5) is 18.2. The summed E-state index contributed by atoms with van der Waals surface area (Å²) in [7, 11) is 0. The lowest BCUT2D eigenvalue weighted by Gasteiger charge is -2.35. The first kappa shape index (κ1) is 11.9. The van der Waals surface area contributed by atoms with Gasteiger partial charge in [-0.1, -0.05) is 0 Å². The Morgan fingerprint density at radius 1 is 1.62 bits per heavy atom. The molecule has 1 unspecified atom stereocenters. The fourth-order valence-corrected chi connectivity index (χ4v) is 2.94. The lowest BCUT2D eigenvalue weighted by molar-refractivity contribution is 0.0604. The average Bonchev–Trinajstić information content (AvgIpc) is 2.83. The predicted molar refractivity (Wildman–Crippen MR) is 66.1 cm³/mol. The summed E-state index contributed by atoms with van der Waals surface area (Å²) in [5.41, 5.74) is 2.28. The molecule has 16 heavy (non-hydrogen) atoms. The maximum Gasteiger partial charge on any atom is 0.273 e. The Balaban J connectivity index is 2.08. The highest BCUT2D eigenvalue weighted by Crippen LogP contribution is 2.22. The van der Waals surface area contributed by atoms with E-state index < -0.39 is 0 Å². The van der Waals surface area contributed by atoms with Gasteiger partial charge in [-0.05, 0) is 25.7 Å². The van der Waals surface area contributed by atoms with Crippen LogP contribution >= 0.6 is 22.9 Å². The van der Waals surface area contributed by atoms with Crippen molar-refractivity contribution in [2.24, 2.45) is 0 Å². The SMILES string of the molecule is O=C(c1cscn1)N1CCCCC1CCCl. The van der Waals surface area contributed by atoms with Gasteiger partial charge in [0.2, 0.25) is 0 Å². The Morgan fingerprint density at radius 3 is 3.19 bits per heavy atom. The molecule has 2 rings (SSSR count). The Hall–Kier alpha value is -0.610. The molecule has 0 aromatic carbocycles. The van der Waals surface area contributed by atoms with Gasteiger partial charge in [-0.2, -0.15) is 0 Å². The fraction of sp³-hybridized carbons (Fsp3) is 0.636. The molecule has 1 aliphatic rings. The molecule has 0 spiro atoms. The van der Waals surface area contributed by atoms with Gasteiger partial charge in [0.05, 0.1) is 5.51 Å². The smallest absolute Gasteiger partial charge is 0.273 e. The molecule has 1 atom stereocenters. The second-order valence-corrected chi connectivity index (χ2v) is 5.10. The molecule has 0 N–H and O–H groups in total. The van der Waals surface area contributed by atoms with E-state index in [0.717, 1.165) is 25.8 Å². The monoisotopic (exact) mass is 258 g/mol. The molecule has 88 valence electrons. The minimum atomic E-state index is 0.0658. The summed E-state index contributed by atoms with van der Waals surface area (Å²) in [6, 6.07) is 0.306. The second-order valence-electron chi connectivity index (χ2n) is 4.00. The van der Waals surface area contributed by atoms with Crippen molar-refractivity contribution in [1.29, 1.82) is 0 Å². The molecule has 0 bridgehead atoms. The van der Waals surface area contributed by atoms with Gasteiger partial charge in [0.1, 0.15) is 5.69 Å². The molecule has 1 aromatic rings. The van der Waals surface area contributed by atoms with Gasteiger partial charge in [-0.3, -0.25) is 4.79 Å². The molecule has 0 saturated carbocycles. The highest BCUT2D eigenvalue weighted by Gasteiger charge is 2.27. The van der Waals surface area contributed by atoms with E-state index in [-0.39, 0.29) is 5.91 Å². The number of aromatic nitrogens is 1. The van der Waals surface area contributed by atoms with E-state index >= 15 is 0 Å². The van der Waals surface area contributed by atoms with Gasteiger partial charge in [0.25, 0.3) is 5.91 Å². The number of carbonyl (C=O) groups is 1. The summed E-state index contributed by atoms with van der Waals surface area (Å²) in [6.45, 7) is 0.845. The summed E-state index contributed by atoms with van der Waals surface area (Å²) in [5, 5.41) is 1.81. The van der Waals surface area contributed by atoms with Crippen LogP contribution in [0.2, 0.25) is 0 Å². The number of piperidine rings is 1. The van der Waals surface area contributed by atoms with Gasteiger partial charge in [0.15, 0.2) is 0 Å². The minimum Gasteiger partial charge on any atom is -0.334 e. The Labute approximate surface area is 104 Å². The van der Waals surface area contributed by atoms with E-state index in [2.05, 4.69) is 4.98 Å². The average molecular weight is 259 g/mol. The lowest BCUT2D eigenvalue weighted by Crippen LogP contribution is -2.44. The van der Waals surface area contributed by atoms with Crippen LogP contribution in [-0.4, -0.2) is 34.3 Å². The van der Waals surface area contributed by atoms with E-state index in [9.17, 15) is 4.79 Å². The molecule has 1 fully saturated rings. The number of nitrogens with zero attached hydrogens (tertiary/aromatic N) is 2. The van der Waals surface area contributed by atoms with Gasteiger partial charge in [-0.15, -0.1) is 22.9 Å². The Bertz CT molecular complexity index is 340. The van der Waals surface area contributed by atoms with Crippen molar-refractivity contribution < 1.29 is 4.79 Å². The lowest BCUT2D eigenvalue weighted by atomic mass is 9.99. The number of likely N-dealkylation sites (tertiary alicyclic amines) is 1. The molecular weight excluding hydrogens is 244 g/mol. The highest BCUT2D eigenvalue weighted by atomic mass is 35.5. The van der Waals surface area contributed by atoms with Crippen molar-refractivity contribution in [3.8, 4) is 0 Å². The van der Waals surface area contributed by atoms with E-state index in [1.165, 1.54) is 17.8 Å². The van der Waals surface area contributed by atoms with Crippen LogP contribution in [0, 0.1) is 0 Å². The first-order valence-electron chi connectivity index (χ1n) is 5.58. The number of rotatable bonds is 3. The van der Waals surface area contributed by atoms with Crippen molar-refractivity contribution in [3.05, 3.63) is 16.6 Å². The summed E-state index contributed by atoms with van der Waals surface area (Å²) < 4.78 is 0. The zero-order valence-corrected chi connectivity index (χ0v) is 10.6. The third-order valence-electron chi connectivity index (χ3n) is 2.98. The molecule has 3 nitrogen and oxygen atoms in total. The summed E-state index contributed by atoms with van der Waals surface area (Å²) >= 11 is 7.24. The molecule has 1 saturated heterocycles. The molecule has 5 heteroatoms. The number of alkyl halides is 1. The number of carbonyl (C=O) groups excluding carboxylic acids is 1. The minimum absolute atomic E-state index is 0.0658. The van der Waals surface area contributed by atoms with E-state index in [0.29, 0.717) is 17.6 Å². The Kier molecular flexibility index (Phi) is 4.18. The van der Waals surface area contributed by atoms with Gasteiger partial charge >= 0.3 is 0 Å². The summed E-state index contributed by atoms with van der Waals surface area (Å²) in [5.74, 6) is 0.682. The van der Waals surface area contributed by atoms with Crippen molar-refractivity contribution in [3.63, 3.8) is 0 Å². The van der Waals surface area contributed by atoms with Crippen molar-refractivity contribution >= 4 is 28.8 Å². The number of amides is 1. The molecule has 0 radical (unpaired) electrons. The zero-order valence-electron chi connectivity index (χ0n) is 9.06. The van der Waals surface area contributed by atoms with Gasteiger partial charge in [0, 0.05) is 23.8 Å². The number of halogens is 1. The number of hydrogen-bond donors (Lipinski definition) is 0. The maximum atomic E-state index is 12.2. The molecular formula is C11H15ClN2OS. The van der Waals surface area contributed by atoms with E-state index in [1.807, 2.05) is 10.3 Å². The van der Waals surface area contributed by atoms with Crippen LogP contribution < -0.4 is 0 Å². The number of hydrogen-bond acceptors (Lipinski definition) is 3. The standard InChI is InChI=1S/C11H15ClN2OS/c12-5-4-9-3-1-2-6-14(9)11(15)10-7-16-8-13-10/h7-9H,1-6H2. The molecule has 1 amide bonds. The zero-order chi connectivity index (χ0) is 11.4. The van der Waals surface area contributed by atoms with Crippen LogP contribution in [0.25, 0.3) is 0 Å². The third-order valence-corrected chi connectivity index (χ3v) is 3.79. The maximum absolute atomic E-state index is 12.2. The first-order valence-corrected chi connectivity index (χ1v) is 7.06. The third kappa shape index (κ3) is 2.55. The van der Waals surface area contributed by atoms with Crippen LogP contribution in [0.5, 0.6) is 0 Å². The van der Waals surface area contributed by atoms with E-state index in [1.54, 1.807) is 5.51 Å². The normalized spacial score (nSPS) is 21.1. The topological polar surface area (TPSA) is 33.2 Å².